The molecule has 36 heavy (non-hydrogen) atoms. The Morgan fingerprint density at radius 2 is 2.00 bits per heavy atom. The van der Waals surface area contributed by atoms with Gasteiger partial charge in [-0.15, -0.1) is 11.8 Å². The average Bonchev–Trinajstić information content (AvgIpc) is 2.88. The van der Waals surface area contributed by atoms with Gasteiger partial charge in [0.05, 0.1) is 21.4 Å². The molecular formula is C24H27F4NO5S2. The van der Waals surface area contributed by atoms with Gasteiger partial charge in [-0.1, -0.05) is 6.07 Å². The van der Waals surface area contributed by atoms with Crippen molar-refractivity contribution in [1.82, 2.24) is 0 Å². The Kier molecular flexibility index (Phi) is 8.49. The first-order chi connectivity index (χ1) is 16.7. The van der Waals surface area contributed by atoms with Gasteiger partial charge in [0.25, 0.3) is 0 Å². The Bertz CT molecular complexity index is 1220. The molecule has 1 N–H and O–H groups in total. The number of rotatable bonds is 9. The summed E-state index contributed by atoms with van der Waals surface area (Å²) in [5, 5.41) is 9.13. The Morgan fingerprint density at radius 3 is 2.58 bits per heavy atom. The van der Waals surface area contributed by atoms with Crippen molar-refractivity contribution in [1.29, 1.82) is 0 Å². The van der Waals surface area contributed by atoms with E-state index in [0.717, 1.165) is 12.1 Å². The number of carbonyl (C=O) groups is 1. The number of carboxylic acid groups (broad SMARTS) is 1. The lowest BCUT2D eigenvalue weighted by molar-refractivity contribution is -0.142. The zero-order chi connectivity index (χ0) is 26.8. The minimum absolute atomic E-state index is 0.0443. The summed E-state index contributed by atoms with van der Waals surface area (Å²) in [6.07, 6.45) is 0.550. The highest BCUT2D eigenvalue weighted by atomic mass is 32.2. The van der Waals surface area contributed by atoms with Crippen molar-refractivity contribution in [2.45, 2.75) is 47.9 Å². The average molecular weight is 550 g/mol. The summed E-state index contributed by atoms with van der Waals surface area (Å²) in [5.41, 5.74) is -2.21. The number of sulfone groups is 1. The lowest BCUT2D eigenvalue weighted by Gasteiger charge is -2.29. The second-order valence-electron chi connectivity index (χ2n) is 8.88. The molecule has 3 rings (SSSR count). The van der Waals surface area contributed by atoms with Gasteiger partial charge < -0.3 is 14.7 Å². The largest absolute Gasteiger partial charge is 0.491 e. The standard InChI is InChI=1S/C24H27F4NO5S2/c1-14(23(30)31)13-34-19-11-21-18(10-20(19)35-3)29(17-6-4-5-16(25)9-17)12-15(7-8-24(2,27)28)22(26)36(21,32)33/h4-6,9-11,14-15,22H,7-8,12-13H2,1-3H3,(H,30,31)/t14-,15-,22+/m1/s1. The van der Waals surface area contributed by atoms with E-state index in [1.54, 1.807) is 6.26 Å². The van der Waals surface area contributed by atoms with Crippen LogP contribution in [0.5, 0.6) is 5.75 Å². The van der Waals surface area contributed by atoms with Gasteiger partial charge in [0.1, 0.15) is 18.2 Å². The highest BCUT2D eigenvalue weighted by Crippen LogP contribution is 2.46. The number of nitrogens with zero attached hydrogens (tertiary/aromatic N) is 1. The Hall–Kier alpha value is -2.47. The Morgan fingerprint density at radius 1 is 1.31 bits per heavy atom. The molecule has 1 aliphatic heterocycles. The minimum atomic E-state index is -4.68. The predicted molar refractivity (Wildman–Crippen MR) is 129 cm³/mol. The summed E-state index contributed by atoms with van der Waals surface area (Å²) >= 11 is 1.19. The SMILES string of the molecule is CSc1cc2c(cc1OC[C@@H](C)C(=O)O)S(=O)(=O)[C@H](F)[C@H](CCC(C)(F)F)CN2c1cccc(F)c1. The van der Waals surface area contributed by atoms with Gasteiger partial charge in [0, 0.05) is 30.6 Å². The number of benzene rings is 2. The van der Waals surface area contributed by atoms with Gasteiger partial charge in [-0.25, -0.2) is 26.0 Å². The minimum Gasteiger partial charge on any atom is -0.491 e. The van der Waals surface area contributed by atoms with E-state index < -0.39 is 62.6 Å². The molecule has 0 unspecified atom stereocenters. The fourth-order valence-corrected chi connectivity index (χ4v) is 6.12. The quantitative estimate of drug-likeness (QED) is 0.307. The number of carboxylic acids is 1. The van der Waals surface area contributed by atoms with Crippen LogP contribution in [0.3, 0.4) is 0 Å². The van der Waals surface area contributed by atoms with Gasteiger partial charge in [-0.2, -0.15) is 0 Å². The first kappa shape index (κ1) is 28.1. The third-order valence-electron chi connectivity index (χ3n) is 5.91. The zero-order valence-electron chi connectivity index (χ0n) is 19.9. The fourth-order valence-electron chi connectivity index (χ4n) is 3.87. The molecule has 2 aromatic rings. The monoisotopic (exact) mass is 549 g/mol. The van der Waals surface area contributed by atoms with Crippen molar-refractivity contribution in [2.24, 2.45) is 11.8 Å². The molecule has 0 fully saturated rings. The molecule has 0 bridgehead atoms. The molecule has 0 aliphatic carbocycles. The van der Waals surface area contributed by atoms with E-state index in [9.17, 15) is 26.4 Å². The van der Waals surface area contributed by atoms with Crippen LogP contribution in [-0.2, 0) is 14.6 Å². The van der Waals surface area contributed by atoms with Crippen molar-refractivity contribution in [3.05, 3.63) is 42.2 Å². The molecule has 0 radical (unpaired) electrons. The maximum atomic E-state index is 15.6. The topological polar surface area (TPSA) is 83.9 Å². The molecular weight excluding hydrogens is 522 g/mol. The van der Waals surface area contributed by atoms with E-state index in [0.29, 0.717) is 11.8 Å². The molecule has 2 aromatic carbocycles. The van der Waals surface area contributed by atoms with Crippen molar-refractivity contribution < 1.29 is 40.6 Å². The maximum absolute atomic E-state index is 15.6. The van der Waals surface area contributed by atoms with Crippen LogP contribution in [0.25, 0.3) is 0 Å². The van der Waals surface area contributed by atoms with E-state index in [1.165, 1.54) is 47.9 Å². The van der Waals surface area contributed by atoms with Gasteiger partial charge in [0.2, 0.25) is 21.3 Å². The molecule has 12 heteroatoms. The van der Waals surface area contributed by atoms with Crippen LogP contribution in [0.1, 0.15) is 26.7 Å². The first-order valence-electron chi connectivity index (χ1n) is 11.1. The molecule has 0 saturated heterocycles. The molecule has 0 spiro atoms. The van der Waals surface area contributed by atoms with Crippen LogP contribution in [0.4, 0.5) is 28.9 Å². The second kappa shape index (κ2) is 10.9. The van der Waals surface area contributed by atoms with Crippen LogP contribution in [0.2, 0.25) is 0 Å². The molecule has 6 nitrogen and oxygen atoms in total. The van der Waals surface area contributed by atoms with Gasteiger partial charge in [0.15, 0.2) is 0 Å². The highest BCUT2D eigenvalue weighted by Gasteiger charge is 2.43. The highest BCUT2D eigenvalue weighted by molar-refractivity contribution is 7.98. The molecule has 1 heterocycles. The third-order valence-corrected chi connectivity index (χ3v) is 8.59. The Balaban J connectivity index is 2.17. The van der Waals surface area contributed by atoms with Gasteiger partial charge >= 0.3 is 5.97 Å². The van der Waals surface area contributed by atoms with E-state index in [-0.39, 0.29) is 30.3 Å². The number of halogens is 4. The number of aliphatic carboxylic acids is 1. The molecule has 0 amide bonds. The fraction of sp³-hybridized carbons (Fsp3) is 0.458. The normalized spacial score (nSPS) is 20.4. The summed E-state index contributed by atoms with van der Waals surface area (Å²) in [5.74, 6) is -7.02. The number of hydrogen-bond donors (Lipinski definition) is 1. The summed E-state index contributed by atoms with van der Waals surface area (Å²) < 4.78 is 89.2. The second-order valence-corrected chi connectivity index (χ2v) is 11.7. The molecule has 0 saturated carbocycles. The van der Waals surface area contributed by atoms with E-state index >= 15 is 4.39 Å². The number of fused-ring (bicyclic) bond motifs is 1. The summed E-state index contributed by atoms with van der Waals surface area (Å²) in [6.45, 7) is 1.55. The molecule has 0 aromatic heterocycles. The van der Waals surface area contributed by atoms with Gasteiger partial charge in [-0.05, 0) is 50.8 Å². The van der Waals surface area contributed by atoms with Crippen molar-refractivity contribution in [3.8, 4) is 5.75 Å². The molecule has 3 atom stereocenters. The third kappa shape index (κ3) is 6.26. The summed E-state index contributed by atoms with van der Waals surface area (Å²) in [4.78, 5) is 12.6. The Labute approximate surface area is 211 Å². The number of thioether (sulfide) groups is 1. The molecule has 198 valence electrons. The van der Waals surface area contributed by atoms with Crippen LogP contribution in [-0.4, -0.2) is 50.3 Å². The van der Waals surface area contributed by atoms with E-state index in [4.69, 9.17) is 9.84 Å². The van der Waals surface area contributed by atoms with Crippen molar-refractivity contribution in [2.75, 3.05) is 24.3 Å². The molecule has 1 aliphatic rings. The lowest BCUT2D eigenvalue weighted by atomic mass is 10.0. The van der Waals surface area contributed by atoms with Crippen molar-refractivity contribution >= 4 is 38.9 Å². The van der Waals surface area contributed by atoms with Gasteiger partial charge in [-0.3, -0.25) is 4.79 Å². The maximum Gasteiger partial charge on any atom is 0.309 e. The van der Waals surface area contributed by atoms with Crippen LogP contribution in [0.15, 0.2) is 46.2 Å². The lowest BCUT2D eigenvalue weighted by Crippen LogP contribution is -2.32. The number of hydrogen-bond acceptors (Lipinski definition) is 6. The summed E-state index contributed by atoms with van der Waals surface area (Å²) in [6, 6.07) is 7.85. The predicted octanol–water partition coefficient (Wildman–Crippen LogP) is 5.92. The van der Waals surface area contributed by atoms with Crippen LogP contribution >= 0.6 is 11.8 Å². The van der Waals surface area contributed by atoms with E-state index in [1.807, 2.05) is 0 Å². The van der Waals surface area contributed by atoms with Crippen LogP contribution < -0.4 is 9.64 Å². The van der Waals surface area contributed by atoms with E-state index in [2.05, 4.69) is 0 Å². The summed E-state index contributed by atoms with van der Waals surface area (Å²) in [7, 11) is -4.68. The number of anilines is 2. The first-order valence-corrected chi connectivity index (χ1v) is 13.9. The van der Waals surface area contributed by atoms with Crippen molar-refractivity contribution in [3.63, 3.8) is 0 Å². The zero-order valence-corrected chi connectivity index (χ0v) is 21.5. The van der Waals surface area contributed by atoms with Crippen LogP contribution in [0, 0.1) is 17.7 Å². The smallest absolute Gasteiger partial charge is 0.309 e. The number of ether oxygens (including phenoxy) is 1. The number of alkyl halides is 3.